The van der Waals surface area contributed by atoms with Gasteiger partial charge in [-0.2, -0.15) is 0 Å². The lowest BCUT2D eigenvalue weighted by Gasteiger charge is -2.21. The molecule has 92 valence electrons. The van der Waals surface area contributed by atoms with Gasteiger partial charge < -0.3 is 20.5 Å². The highest BCUT2D eigenvalue weighted by Crippen LogP contribution is 2.15. The van der Waals surface area contributed by atoms with Crippen LogP contribution in [-0.2, 0) is 9.53 Å². The minimum atomic E-state index is -1.06. The van der Waals surface area contributed by atoms with Crippen LogP contribution in [0.4, 0.5) is 4.79 Å². The lowest BCUT2D eigenvalue weighted by atomic mass is 10.1. The van der Waals surface area contributed by atoms with Crippen LogP contribution < -0.4 is 10.6 Å². The summed E-state index contributed by atoms with van der Waals surface area (Å²) in [6.45, 7) is 3.99. The quantitative estimate of drug-likeness (QED) is 0.649. The number of rotatable bonds is 4. The van der Waals surface area contributed by atoms with E-state index >= 15 is 0 Å². The smallest absolute Gasteiger partial charge is 0.325 e. The number of nitrogens with one attached hydrogen (secondary N) is 2. The highest BCUT2D eigenvalue weighted by molar-refractivity contribution is 5.82. The Hall–Kier alpha value is -1.30. The fourth-order valence-corrected chi connectivity index (χ4v) is 1.60. The molecule has 0 bridgehead atoms. The summed E-state index contributed by atoms with van der Waals surface area (Å²) >= 11 is 0. The van der Waals surface area contributed by atoms with Crippen molar-refractivity contribution in [1.82, 2.24) is 10.6 Å². The van der Waals surface area contributed by atoms with Crippen molar-refractivity contribution >= 4 is 12.0 Å². The van der Waals surface area contributed by atoms with Gasteiger partial charge in [0.05, 0.1) is 12.1 Å². The third-order valence-corrected chi connectivity index (χ3v) is 2.60. The molecule has 1 rings (SSSR count). The zero-order valence-electron chi connectivity index (χ0n) is 9.53. The van der Waals surface area contributed by atoms with Crippen molar-refractivity contribution in [1.29, 1.82) is 0 Å². The van der Waals surface area contributed by atoms with Gasteiger partial charge in [0.15, 0.2) is 0 Å². The van der Waals surface area contributed by atoms with Gasteiger partial charge in [-0.15, -0.1) is 0 Å². The lowest BCUT2D eigenvalue weighted by molar-refractivity contribution is -0.138. The molecule has 0 aromatic rings. The summed E-state index contributed by atoms with van der Waals surface area (Å²) in [6.07, 6.45) is 1.96. The predicted molar refractivity (Wildman–Crippen MR) is 57.2 cm³/mol. The van der Waals surface area contributed by atoms with E-state index < -0.39 is 18.0 Å². The van der Waals surface area contributed by atoms with Gasteiger partial charge in [-0.3, -0.25) is 4.79 Å². The third-order valence-electron chi connectivity index (χ3n) is 2.60. The molecule has 0 saturated carbocycles. The van der Waals surface area contributed by atoms with E-state index in [1.165, 1.54) is 6.92 Å². The second-order valence-corrected chi connectivity index (χ2v) is 4.02. The molecule has 2 amide bonds. The Morgan fingerprint density at radius 3 is 2.56 bits per heavy atom. The van der Waals surface area contributed by atoms with Gasteiger partial charge in [-0.25, -0.2) is 4.79 Å². The van der Waals surface area contributed by atoms with Crippen molar-refractivity contribution in [2.45, 2.75) is 44.9 Å². The first-order valence-corrected chi connectivity index (χ1v) is 5.42. The Bertz CT molecular complexity index is 264. The number of carbonyl (C=O) groups is 2. The molecular weight excluding hydrogens is 212 g/mol. The molecule has 0 spiro atoms. The molecule has 3 atom stereocenters. The monoisotopic (exact) mass is 230 g/mol. The molecule has 16 heavy (non-hydrogen) atoms. The van der Waals surface area contributed by atoms with E-state index in [1.807, 2.05) is 6.92 Å². The fourth-order valence-electron chi connectivity index (χ4n) is 1.60. The van der Waals surface area contributed by atoms with Crippen LogP contribution in [0.1, 0.15) is 26.7 Å². The summed E-state index contributed by atoms with van der Waals surface area (Å²) in [7, 11) is 0. The average molecular weight is 230 g/mol. The van der Waals surface area contributed by atoms with Crippen molar-refractivity contribution in [3.05, 3.63) is 0 Å². The van der Waals surface area contributed by atoms with Gasteiger partial charge in [0.1, 0.15) is 6.04 Å². The molecule has 6 heteroatoms. The van der Waals surface area contributed by atoms with Crippen LogP contribution in [0.2, 0.25) is 0 Å². The normalized spacial score (nSPS) is 23.5. The van der Waals surface area contributed by atoms with Crippen molar-refractivity contribution in [3.8, 4) is 0 Å². The van der Waals surface area contributed by atoms with Crippen LogP contribution in [0.5, 0.6) is 0 Å². The minimum Gasteiger partial charge on any atom is -0.480 e. The van der Waals surface area contributed by atoms with Gasteiger partial charge in [0.25, 0.3) is 0 Å². The molecule has 1 aliphatic heterocycles. The largest absolute Gasteiger partial charge is 0.480 e. The molecule has 2 unspecified atom stereocenters. The first-order chi connectivity index (χ1) is 7.50. The number of urea groups is 1. The Morgan fingerprint density at radius 1 is 1.38 bits per heavy atom. The first-order valence-electron chi connectivity index (χ1n) is 5.42. The van der Waals surface area contributed by atoms with E-state index in [4.69, 9.17) is 9.84 Å². The summed E-state index contributed by atoms with van der Waals surface area (Å²) in [5.41, 5.74) is 0. The van der Waals surface area contributed by atoms with E-state index in [0.717, 1.165) is 19.4 Å². The fraction of sp³-hybridized carbons (Fsp3) is 0.800. The minimum absolute atomic E-state index is 0.0332. The van der Waals surface area contributed by atoms with E-state index in [1.54, 1.807) is 0 Å². The Kier molecular flexibility index (Phi) is 4.54. The zero-order valence-corrected chi connectivity index (χ0v) is 9.53. The predicted octanol–water partition coefficient (Wildman–Crippen LogP) is 0.326. The summed E-state index contributed by atoms with van der Waals surface area (Å²) in [6, 6.07) is -1.47. The summed E-state index contributed by atoms with van der Waals surface area (Å²) in [4.78, 5) is 21.9. The molecular formula is C10H18N2O4. The number of carboxylic acid groups (broad SMARTS) is 1. The number of hydrogen-bond donors (Lipinski definition) is 3. The number of hydrogen-bond acceptors (Lipinski definition) is 3. The van der Waals surface area contributed by atoms with Crippen molar-refractivity contribution in [3.63, 3.8) is 0 Å². The molecule has 3 N–H and O–H groups in total. The molecule has 0 aliphatic carbocycles. The van der Waals surface area contributed by atoms with Gasteiger partial charge in [0.2, 0.25) is 0 Å². The van der Waals surface area contributed by atoms with E-state index in [0.29, 0.717) is 0 Å². The molecule has 0 aromatic carbocycles. The van der Waals surface area contributed by atoms with E-state index in [-0.39, 0.29) is 12.1 Å². The van der Waals surface area contributed by atoms with Gasteiger partial charge in [-0.05, 0) is 26.7 Å². The number of amides is 2. The average Bonchev–Trinajstić information content (AvgIpc) is 2.69. The second kappa shape index (κ2) is 5.69. The van der Waals surface area contributed by atoms with E-state index in [2.05, 4.69) is 10.6 Å². The van der Waals surface area contributed by atoms with Crippen LogP contribution >= 0.6 is 0 Å². The molecule has 1 heterocycles. The van der Waals surface area contributed by atoms with Crippen LogP contribution in [0, 0.1) is 0 Å². The Morgan fingerprint density at radius 2 is 2.06 bits per heavy atom. The third kappa shape index (κ3) is 3.69. The molecule has 0 aromatic heterocycles. The summed E-state index contributed by atoms with van der Waals surface area (Å²) in [5, 5.41) is 13.6. The van der Waals surface area contributed by atoms with Crippen LogP contribution in [-0.4, -0.2) is 41.9 Å². The molecule has 1 aliphatic rings. The maximum atomic E-state index is 11.4. The Labute approximate surface area is 94.3 Å². The van der Waals surface area contributed by atoms with E-state index in [9.17, 15) is 9.59 Å². The summed E-state index contributed by atoms with van der Waals surface area (Å²) in [5.74, 6) is -1.06. The second-order valence-electron chi connectivity index (χ2n) is 4.02. The number of aliphatic carboxylic acids is 1. The SMILES string of the molecule is CC(NC(=O)N[C@H](C)C(=O)O)C1CCCO1. The standard InChI is InChI=1S/C10H18N2O4/c1-6(8-4-3-5-16-8)11-10(15)12-7(2)9(13)14/h6-8H,3-5H2,1-2H3,(H,13,14)(H2,11,12,15)/t6?,7-,8?/m1/s1. The highest BCUT2D eigenvalue weighted by atomic mass is 16.5. The molecule has 1 saturated heterocycles. The van der Waals surface area contributed by atoms with Crippen molar-refractivity contribution < 1.29 is 19.4 Å². The number of carboxylic acids is 1. The highest BCUT2D eigenvalue weighted by Gasteiger charge is 2.24. The Balaban J connectivity index is 2.30. The van der Waals surface area contributed by atoms with Gasteiger partial charge >= 0.3 is 12.0 Å². The first kappa shape index (κ1) is 12.8. The topological polar surface area (TPSA) is 87.7 Å². The maximum absolute atomic E-state index is 11.4. The van der Waals surface area contributed by atoms with Gasteiger partial charge in [-0.1, -0.05) is 0 Å². The van der Waals surface area contributed by atoms with Crippen LogP contribution in [0.3, 0.4) is 0 Å². The maximum Gasteiger partial charge on any atom is 0.325 e. The lowest BCUT2D eigenvalue weighted by Crippen LogP contribution is -2.50. The zero-order chi connectivity index (χ0) is 12.1. The van der Waals surface area contributed by atoms with Crippen LogP contribution in [0.25, 0.3) is 0 Å². The van der Waals surface area contributed by atoms with Crippen molar-refractivity contribution in [2.75, 3.05) is 6.61 Å². The number of ether oxygens (including phenoxy) is 1. The molecule has 6 nitrogen and oxygen atoms in total. The molecule has 0 radical (unpaired) electrons. The van der Waals surface area contributed by atoms with Crippen molar-refractivity contribution in [2.24, 2.45) is 0 Å². The molecule has 1 fully saturated rings. The van der Waals surface area contributed by atoms with Gasteiger partial charge in [0, 0.05) is 6.61 Å². The van der Waals surface area contributed by atoms with Crippen LogP contribution in [0.15, 0.2) is 0 Å². The number of carbonyl (C=O) groups excluding carboxylic acids is 1. The summed E-state index contributed by atoms with van der Waals surface area (Å²) < 4.78 is 5.41.